The van der Waals surface area contributed by atoms with Gasteiger partial charge in [0.1, 0.15) is 11.6 Å². The van der Waals surface area contributed by atoms with Crippen LogP contribution in [0.1, 0.15) is 41.0 Å². The third-order valence-corrected chi connectivity index (χ3v) is 3.58. The summed E-state index contributed by atoms with van der Waals surface area (Å²) in [5, 5.41) is 5.19. The van der Waals surface area contributed by atoms with E-state index in [1.807, 2.05) is 13.8 Å². The number of hydrogen-bond acceptors (Lipinski definition) is 2. The van der Waals surface area contributed by atoms with Crippen LogP contribution in [0, 0.1) is 11.6 Å². The second-order valence-electron chi connectivity index (χ2n) is 5.44. The summed E-state index contributed by atoms with van der Waals surface area (Å²) >= 11 is 0. The molecule has 0 aliphatic heterocycles. The smallest absolute Gasteiger partial charge is 0.255 e. The van der Waals surface area contributed by atoms with Crippen molar-refractivity contribution in [3.63, 3.8) is 0 Å². The lowest BCUT2D eigenvalue weighted by molar-refractivity contribution is 0.0937. The Labute approximate surface area is 138 Å². The molecular formula is C18H18F2N2O2. The summed E-state index contributed by atoms with van der Waals surface area (Å²) in [5.41, 5.74) is 0.582. The zero-order valence-electron chi connectivity index (χ0n) is 13.4. The van der Waals surface area contributed by atoms with E-state index in [1.54, 1.807) is 0 Å². The molecule has 0 radical (unpaired) electrons. The van der Waals surface area contributed by atoms with Crippen molar-refractivity contribution >= 4 is 17.5 Å². The predicted octanol–water partition coefficient (Wildman–Crippen LogP) is 3.75. The normalized spacial score (nSPS) is 11.7. The molecule has 0 aliphatic rings. The third kappa shape index (κ3) is 4.38. The van der Waals surface area contributed by atoms with Crippen molar-refractivity contribution in [3.8, 4) is 0 Å². The lowest BCUT2D eigenvalue weighted by atomic mass is 10.1. The van der Waals surface area contributed by atoms with Gasteiger partial charge in [0, 0.05) is 23.2 Å². The van der Waals surface area contributed by atoms with Gasteiger partial charge < -0.3 is 10.6 Å². The fourth-order valence-electron chi connectivity index (χ4n) is 1.97. The number of rotatable bonds is 5. The highest BCUT2D eigenvalue weighted by molar-refractivity contribution is 6.05. The second kappa shape index (κ2) is 7.68. The van der Waals surface area contributed by atoms with E-state index in [1.165, 1.54) is 24.3 Å². The maximum atomic E-state index is 13.5. The van der Waals surface area contributed by atoms with Crippen molar-refractivity contribution in [2.24, 2.45) is 0 Å². The van der Waals surface area contributed by atoms with Gasteiger partial charge in [0.15, 0.2) is 0 Å². The van der Waals surface area contributed by atoms with Crippen molar-refractivity contribution in [2.75, 3.05) is 5.32 Å². The molecule has 0 aromatic heterocycles. The van der Waals surface area contributed by atoms with Crippen LogP contribution < -0.4 is 10.6 Å². The maximum absolute atomic E-state index is 13.5. The third-order valence-electron chi connectivity index (χ3n) is 3.58. The lowest BCUT2D eigenvalue weighted by Gasteiger charge is -2.11. The van der Waals surface area contributed by atoms with E-state index >= 15 is 0 Å². The molecule has 0 fully saturated rings. The van der Waals surface area contributed by atoms with Crippen LogP contribution in [0.5, 0.6) is 0 Å². The molecule has 4 nitrogen and oxygen atoms in total. The number of carbonyl (C=O) groups excluding carboxylic acids is 2. The summed E-state index contributed by atoms with van der Waals surface area (Å²) < 4.78 is 26.4. The number of anilines is 1. The van der Waals surface area contributed by atoms with E-state index < -0.39 is 17.5 Å². The van der Waals surface area contributed by atoms with Crippen molar-refractivity contribution in [1.29, 1.82) is 0 Å². The molecule has 0 bridgehead atoms. The fourth-order valence-corrected chi connectivity index (χ4v) is 1.97. The van der Waals surface area contributed by atoms with Crippen LogP contribution in [-0.4, -0.2) is 17.9 Å². The maximum Gasteiger partial charge on any atom is 0.255 e. The van der Waals surface area contributed by atoms with E-state index in [0.29, 0.717) is 11.6 Å². The number of nitrogens with one attached hydrogen (secondary N) is 2. The van der Waals surface area contributed by atoms with Gasteiger partial charge in [-0.2, -0.15) is 0 Å². The Morgan fingerprint density at radius 3 is 2.12 bits per heavy atom. The molecule has 24 heavy (non-hydrogen) atoms. The average molecular weight is 332 g/mol. The Hall–Kier alpha value is -2.76. The van der Waals surface area contributed by atoms with Crippen molar-refractivity contribution < 1.29 is 18.4 Å². The lowest BCUT2D eigenvalue weighted by Crippen LogP contribution is -2.31. The SMILES string of the molecule is CCC(C)NC(=O)c1ccc(C(=O)Nc2ccc(F)cc2F)cc1. The van der Waals surface area contributed by atoms with Gasteiger partial charge in [0.25, 0.3) is 11.8 Å². The van der Waals surface area contributed by atoms with E-state index in [2.05, 4.69) is 10.6 Å². The Kier molecular flexibility index (Phi) is 5.63. The number of hydrogen-bond donors (Lipinski definition) is 2. The molecule has 2 aromatic carbocycles. The van der Waals surface area contributed by atoms with Gasteiger partial charge >= 0.3 is 0 Å². The van der Waals surface area contributed by atoms with Crippen LogP contribution >= 0.6 is 0 Å². The molecule has 0 saturated heterocycles. The van der Waals surface area contributed by atoms with Crippen LogP contribution in [-0.2, 0) is 0 Å². The zero-order chi connectivity index (χ0) is 17.7. The highest BCUT2D eigenvalue weighted by atomic mass is 19.1. The topological polar surface area (TPSA) is 58.2 Å². The number of carbonyl (C=O) groups is 2. The molecule has 0 aliphatic carbocycles. The molecule has 6 heteroatoms. The minimum absolute atomic E-state index is 0.0573. The summed E-state index contributed by atoms with van der Waals surface area (Å²) in [6, 6.07) is 8.95. The van der Waals surface area contributed by atoms with Crippen LogP contribution in [0.25, 0.3) is 0 Å². The van der Waals surface area contributed by atoms with Crippen LogP contribution in [0.2, 0.25) is 0 Å². The second-order valence-corrected chi connectivity index (χ2v) is 5.44. The summed E-state index contributed by atoms with van der Waals surface area (Å²) in [7, 11) is 0. The summed E-state index contributed by atoms with van der Waals surface area (Å²) in [6.07, 6.45) is 0.815. The van der Waals surface area contributed by atoms with Gasteiger partial charge in [0.05, 0.1) is 5.69 Å². The van der Waals surface area contributed by atoms with Crippen LogP contribution in [0.3, 0.4) is 0 Å². The van der Waals surface area contributed by atoms with E-state index in [4.69, 9.17) is 0 Å². The van der Waals surface area contributed by atoms with Gasteiger partial charge in [-0.15, -0.1) is 0 Å². The van der Waals surface area contributed by atoms with E-state index in [0.717, 1.165) is 18.6 Å². The highest BCUT2D eigenvalue weighted by Crippen LogP contribution is 2.16. The first-order valence-corrected chi connectivity index (χ1v) is 7.58. The van der Waals surface area contributed by atoms with Gasteiger partial charge in [-0.3, -0.25) is 9.59 Å². The van der Waals surface area contributed by atoms with Gasteiger partial charge in [-0.25, -0.2) is 8.78 Å². The number of amides is 2. The average Bonchev–Trinajstić information content (AvgIpc) is 2.57. The fraction of sp³-hybridized carbons (Fsp3) is 0.222. The first-order chi connectivity index (χ1) is 11.4. The van der Waals surface area contributed by atoms with Gasteiger partial charge in [-0.05, 0) is 49.7 Å². The molecule has 2 rings (SSSR count). The molecule has 0 heterocycles. The summed E-state index contributed by atoms with van der Waals surface area (Å²) in [6.45, 7) is 3.86. The predicted molar refractivity (Wildman–Crippen MR) is 88.0 cm³/mol. The largest absolute Gasteiger partial charge is 0.350 e. The van der Waals surface area contributed by atoms with Crippen molar-refractivity contribution in [3.05, 3.63) is 65.2 Å². The Morgan fingerprint density at radius 2 is 1.58 bits per heavy atom. The first-order valence-electron chi connectivity index (χ1n) is 7.58. The number of halogens is 2. The molecule has 0 spiro atoms. The Morgan fingerprint density at radius 1 is 1.00 bits per heavy atom. The van der Waals surface area contributed by atoms with Crippen molar-refractivity contribution in [2.45, 2.75) is 26.3 Å². The molecule has 2 N–H and O–H groups in total. The molecule has 1 unspecified atom stereocenters. The number of benzene rings is 2. The monoisotopic (exact) mass is 332 g/mol. The van der Waals surface area contributed by atoms with Crippen molar-refractivity contribution in [1.82, 2.24) is 5.32 Å². The molecule has 0 saturated carbocycles. The molecule has 126 valence electrons. The minimum Gasteiger partial charge on any atom is -0.350 e. The van der Waals surface area contributed by atoms with Gasteiger partial charge in [0.2, 0.25) is 0 Å². The molecule has 2 aromatic rings. The Bertz CT molecular complexity index is 745. The Balaban J connectivity index is 2.07. The van der Waals surface area contributed by atoms with Crippen LogP contribution in [0.4, 0.5) is 14.5 Å². The standard InChI is InChI=1S/C18H18F2N2O2/c1-3-11(2)21-17(23)12-4-6-13(7-5-12)18(24)22-16-9-8-14(19)10-15(16)20/h4-11H,3H2,1-2H3,(H,21,23)(H,22,24). The quantitative estimate of drug-likeness (QED) is 0.876. The molecular weight excluding hydrogens is 314 g/mol. The van der Waals surface area contributed by atoms with Crippen LogP contribution in [0.15, 0.2) is 42.5 Å². The minimum atomic E-state index is -0.854. The zero-order valence-corrected chi connectivity index (χ0v) is 13.4. The summed E-state index contributed by atoms with van der Waals surface area (Å²) in [4.78, 5) is 24.1. The summed E-state index contributed by atoms with van der Waals surface area (Å²) in [5.74, 6) is -2.34. The molecule has 1 atom stereocenters. The van der Waals surface area contributed by atoms with E-state index in [-0.39, 0.29) is 23.2 Å². The van der Waals surface area contributed by atoms with Gasteiger partial charge in [-0.1, -0.05) is 6.92 Å². The van der Waals surface area contributed by atoms with E-state index in [9.17, 15) is 18.4 Å². The highest BCUT2D eigenvalue weighted by Gasteiger charge is 2.12. The molecule has 2 amide bonds. The first kappa shape index (κ1) is 17.6.